The van der Waals surface area contributed by atoms with E-state index in [4.69, 9.17) is 0 Å². The number of para-hydroxylation sites is 1. The van der Waals surface area contributed by atoms with Gasteiger partial charge in [0.25, 0.3) is 0 Å². The number of pyridine rings is 1. The first-order chi connectivity index (χ1) is 9.36. The first-order valence-electron chi connectivity index (χ1n) is 7.09. The fourth-order valence-corrected chi connectivity index (χ4v) is 3.01. The van der Waals surface area contributed by atoms with Crippen LogP contribution < -0.4 is 5.32 Å². The van der Waals surface area contributed by atoms with Crippen molar-refractivity contribution in [1.82, 2.24) is 15.2 Å². The third kappa shape index (κ3) is 3.29. The third-order valence-electron chi connectivity index (χ3n) is 3.97. The smallest absolute Gasteiger partial charge is 0.0702 e. The highest BCUT2D eigenvalue weighted by atomic mass is 35.5. The van der Waals surface area contributed by atoms with Gasteiger partial charge in [0.2, 0.25) is 0 Å². The second-order valence-corrected chi connectivity index (χ2v) is 5.36. The van der Waals surface area contributed by atoms with Crippen LogP contribution in [0.15, 0.2) is 36.5 Å². The Balaban J connectivity index is 0.00000147. The molecule has 0 aliphatic carbocycles. The van der Waals surface area contributed by atoms with Crippen LogP contribution in [-0.2, 0) is 6.54 Å². The second-order valence-electron chi connectivity index (χ2n) is 5.36. The molecule has 0 saturated carbocycles. The minimum absolute atomic E-state index is 0. The van der Waals surface area contributed by atoms with E-state index in [-0.39, 0.29) is 12.4 Å². The number of halogens is 1. The Bertz CT molecular complexity index is 558. The molecule has 1 aliphatic rings. The minimum Gasteiger partial charge on any atom is -0.318 e. The standard InChI is InChI=1S/C16H21N3.ClH/c1-17-11-15-6-4-8-19(15)12-13-9-14-5-2-3-7-16(14)18-10-13;/h2-3,5,7,9-10,15,17H,4,6,8,11-12H2,1H3;1H. The number of likely N-dealkylation sites (tertiary alicyclic amines) is 1. The molecule has 0 amide bonds. The van der Waals surface area contributed by atoms with Crippen molar-refractivity contribution in [3.63, 3.8) is 0 Å². The molecule has 20 heavy (non-hydrogen) atoms. The minimum atomic E-state index is 0. The van der Waals surface area contributed by atoms with Gasteiger partial charge in [0, 0.05) is 30.7 Å². The molecule has 1 unspecified atom stereocenters. The van der Waals surface area contributed by atoms with Crippen LogP contribution >= 0.6 is 12.4 Å². The lowest BCUT2D eigenvalue weighted by atomic mass is 10.1. The number of fused-ring (bicyclic) bond motifs is 1. The molecule has 3 nitrogen and oxygen atoms in total. The summed E-state index contributed by atoms with van der Waals surface area (Å²) in [7, 11) is 2.04. The Labute approximate surface area is 126 Å². The number of hydrogen-bond acceptors (Lipinski definition) is 3. The summed E-state index contributed by atoms with van der Waals surface area (Å²) in [6.45, 7) is 3.31. The fraction of sp³-hybridized carbons (Fsp3) is 0.438. The van der Waals surface area contributed by atoms with E-state index in [9.17, 15) is 0 Å². The van der Waals surface area contributed by atoms with Crippen LogP contribution in [0.2, 0.25) is 0 Å². The van der Waals surface area contributed by atoms with Crippen molar-refractivity contribution in [2.75, 3.05) is 20.1 Å². The third-order valence-corrected chi connectivity index (χ3v) is 3.97. The second kappa shape index (κ2) is 7.02. The topological polar surface area (TPSA) is 28.2 Å². The van der Waals surface area contributed by atoms with E-state index in [1.807, 2.05) is 19.3 Å². The monoisotopic (exact) mass is 291 g/mol. The molecule has 108 valence electrons. The van der Waals surface area contributed by atoms with Gasteiger partial charge in [0.05, 0.1) is 5.52 Å². The van der Waals surface area contributed by atoms with Crippen molar-refractivity contribution in [3.05, 3.63) is 42.1 Å². The van der Waals surface area contributed by atoms with Crippen LogP contribution in [0, 0.1) is 0 Å². The first kappa shape index (κ1) is 15.2. The van der Waals surface area contributed by atoms with E-state index < -0.39 is 0 Å². The van der Waals surface area contributed by atoms with Crippen molar-refractivity contribution in [3.8, 4) is 0 Å². The Morgan fingerprint density at radius 3 is 3.05 bits per heavy atom. The zero-order valence-corrected chi connectivity index (χ0v) is 12.7. The summed E-state index contributed by atoms with van der Waals surface area (Å²) in [6.07, 6.45) is 4.65. The van der Waals surface area contributed by atoms with Gasteiger partial charge in [-0.25, -0.2) is 0 Å². The lowest BCUT2D eigenvalue weighted by molar-refractivity contribution is 0.242. The SMILES string of the molecule is CNCC1CCCN1Cc1cnc2ccccc2c1.Cl. The summed E-state index contributed by atoms with van der Waals surface area (Å²) >= 11 is 0. The van der Waals surface area contributed by atoms with Gasteiger partial charge in [0.1, 0.15) is 0 Å². The van der Waals surface area contributed by atoms with Crippen molar-refractivity contribution < 1.29 is 0 Å². The predicted octanol–water partition coefficient (Wildman–Crippen LogP) is 2.84. The summed E-state index contributed by atoms with van der Waals surface area (Å²) in [5, 5.41) is 4.54. The molecule has 1 aliphatic heterocycles. The Hall–Kier alpha value is -1.16. The molecule has 1 aromatic carbocycles. The van der Waals surface area contributed by atoms with Crippen molar-refractivity contribution in [1.29, 1.82) is 0 Å². The molecule has 1 fully saturated rings. The van der Waals surface area contributed by atoms with Crippen LogP contribution in [0.1, 0.15) is 18.4 Å². The maximum atomic E-state index is 4.55. The molecule has 1 N–H and O–H groups in total. The molecule has 2 heterocycles. The number of nitrogens with one attached hydrogen (secondary N) is 1. The first-order valence-corrected chi connectivity index (χ1v) is 7.09. The Morgan fingerprint density at radius 1 is 1.35 bits per heavy atom. The van der Waals surface area contributed by atoms with Crippen molar-refractivity contribution >= 4 is 23.3 Å². The summed E-state index contributed by atoms with van der Waals surface area (Å²) in [6, 6.07) is 11.3. The van der Waals surface area contributed by atoms with Gasteiger partial charge >= 0.3 is 0 Å². The number of likely N-dealkylation sites (N-methyl/N-ethyl adjacent to an activating group) is 1. The van der Waals surface area contributed by atoms with Gasteiger partial charge in [-0.2, -0.15) is 0 Å². The van der Waals surface area contributed by atoms with Crippen LogP contribution in [0.3, 0.4) is 0 Å². The molecule has 1 atom stereocenters. The van der Waals surface area contributed by atoms with Gasteiger partial charge in [-0.1, -0.05) is 18.2 Å². The molecule has 2 aromatic rings. The zero-order chi connectivity index (χ0) is 13.1. The van der Waals surface area contributed by atoms with Gasteiger partial charge in [-0.05, 0) is 44.1 Å². The zero-order valence-electron chi connectivity index (χ0n) is 11.9. The molecule has 0 bridgehead atoms. The van der Waals surface area contributed by atoms with Crippen molar-refractivity contribution in [2.45, 2.75) is 25.4 Å². The largest absolute Gasteiger partial charge is 0.318 e. The van der Waals surface area contributed by atoms with Crippen LogP contribution in [0.5, 0.6) is 0 Å². The number of aromatic nitrogens is 1. The van der Waals surface area contributed by atoms with E-state index in [2.05, 4.69) is 39.5 Å². The van der Waals surface area contributed by atoms with Crippen LogP contribution in [0.25, 0.3) is 10.9 Å². The van der Waals surface area contributed by atoms with Gasteiger partial charge in [-0.3, -0.25) is 9.88 Å². The highest BCUT2D eigenvalue weighted by molar-refractivity contribution is 5.85. The highest BCUT2D eigenvalue weighted by Crippen LogP contribution is 2.21. The molecular weight excluding hydrogens is 270 g/mol. The van der Waals surface area contributed by atoms with Gasteiger partial charge < -0.3 is 5.32 Å². The number of hydrogen-bond donors (Lipinski definition) is 1. The lowest BCUT2D eigenvalue weighted by Crippen LogP contribution is -2.36. The molecule has 1 saturated heterocycles. The van der Waals surface area contributed by atoms with Gasteiger partial charge in [-0.15, -0.1) is 12.4 Å². The summed E-state index contributed by atoms with van der Waals surface area (Å²) in [5.41, 5.74) is 2.40. The summed E-state index contributed by atoms with van der Waals surface area (Å²) in [4.78, 5) is 7.12. The predicted molar refractivity (Wildman–Crippen MR) is 86.3 cm³/mol. The Morgan fingerprint density at radius 2 is 2.20 bits per heavy atom. The molecule has 1 aromatic heterocycles. The van der Waals surface area contributed by atoms with Gasteiger partial charge in [0.15, 0.2) is 0 Å². The summed E-state index contributed by atoms with van der Waals surface area (Å²) in [5.74, 6) is 0. The molecule has 4 heteroatoms. The summed E-state index contributed by atoms with van der Waals surface area (Å²) < 4.78 is 0. The average Bonchev–Trinajstić information content (AvgIpc) is 2.86. The Kier molecular flexibility index (Phi) is 5.35. The number of benzene rings is 1. The number of nitrogens with zero attached hydrogens (tertiary/aromatic N) is 2. The van der Waals surface area contributed by atoms with E-state index in [1.165, 1.54) is 30.3 Å². The molecular formula is C16H22ClN3. The van der Waals surface area contributed by atoms with Crippen LogP contribution in [-0.4, -0.2) is 36.1 Å². The number of rotatable bonds is 4. The van der Waals surface area contributed by atoms with E-state index >= 15 is 0 Å². The van der Waals surface area contributed by atoms with E-state index in [0.29, 0.717) is 6.04 Å². The molecule has 3 rings (SSSR count). The van der Waals surface area contributed by atoms with Crippen molar-refractivity contribution in [2.24, 2.45) is 0 Å². The maximum absolute atomic E-state index is 4.55. The maximum Gasteiger partial charge on any atom is 0.0702 e. The fourth-order valence-electron chi connectivity index (χ4n) is 3.01. The highest BCUT2D eigenvalue weighted by Gasteiger charge is 2.23. The average molecular weight is 292 g/mol. The molecule has 0 spiro atoms. The van der Waals surface area contributed by atoms with Crippen LogP contribution in [0.4, 0.5) is 0 Å². The normalized spacial score (nSPS) is 19.1. The van der Waals surface area contributed by atoms with E-state index in [0.717, 1.165) is 18.6 Å². The van der Waals surface area contributed by atoms with E-state index in [1.54, 1.807) is 0 Å². The quantitative estimate of drug-likeness (QED) is 0.939. The lowest BCUT2D eigenvalue weighted by Gasteiger charge is -2.24. The molecule has 0 radical (unpaired) electrons.